The van der Waals surface area contributed by atoms with E-state index in [9.17, 15) is 4.79 Å². The second kappa shape index (κ2) is 10.2. The first-order valence-electron chi connectivity index (χ1n) is 11.3. The third-order valence-electron chi connectivity index (χ3n) is 6.41. The van der Waals surface area contributed by atoms with Crippen molar-refractivity contribution in [2.45, 2.75) is 83.5 Å². The van der Waals surface area contributed by atoms with Crippen LogP contribution in [0.1, 0.15) is 69.0 Å². The van der Waals surface area contributed by atoms with E-state index in [0.29, 0.717) is 16.5 Å². The van der Waals surface area contributed by atoms with Gasteiger partial charge in [0, 0.05) is 18.7 Å². The molecule has 2 aromatic heterocycles. The number of thiophene rings is 1. The molecule has 2 saturated carbocycles. The number of hydrogen-bond acceptors (Lipinski definition) is 5. The number of aromatic nitrogens is 1. The summed E-state index contributed by atoms with van der Waals surface area (Å²) in [6, 6.07) is 6.14. The topological polar surface area (TPSA) is 51.7 Å². The molecule has 31 heavy (non-hydrogen) atoms. The van der Waals surface area contributed by atoms with Gasteiger partial charge in [-0.25, -0.2) is 9.78 Å². The van der Waals surface area contributed by atoms with E-state index >= 15 is 0 Å². The van der Waals surface area contributed by atoms with Crippen molar-refractivity contribution >= 4 is 29.0 Å². The minimum atomic E-state index is -0.277. The van der Waals surface area contributed by atoms with Gasteiger partial charge in [0.25, 0.3) is 0 Å². The van der Waals surface area contributed by atoms with Gasteiger partial charge in [0.05, 0.1) is 26.7 Å². The van der Waals surface area contributed by atoms with E-state index in [1.807, 2.05) is 32.2 Å². The molecule has 2 heterocycles. The van der Waals surface area contributed by atoms with E-state index in [2.05, 4.69) is 0 Å². The summed E-state index contributed by atoms with van der Waals surface area (Å²) >= 11 is 7.77. The Balaban J connectivity index is 1.43. The molecule has 2 aliphatic carbocycles. The molecule has 2 fully saturated rings. The molecular formula is C24H31ClN2O3S. The lowest BCUT2D eigenvalue weighted by molar-refractivity contribution is 0.0920. The fraction of sp³-hybridized carbons (Fsp3) is 0.583. The molecule has 2 aliphatic rings. The molecule has 0 N–H and O–H groups in total. The number of hydrogen-bond donors (Lipinski definition) is 0. The van der Waals surface area contributed by atoms with Crippen LogP contribution in [0.25, 0.3) is 10.6 Å². The van der Waals surface area contributed by atoms with E-state index in [0.717, 1.165) is 53.3 Å². The van der Waals surface area contributed by atoms with Crippen molar-refractivity contribution < 1.29 is 14.3 Å². The van der Waals surface area contributed by atoms with Gasteiger partial charge in [-0.15, -0.1) is 11.3 Å². The van der Waals surface area contributed by atoms with Gasteiger partial charge in [0.2, 0.25) is 0 Å². The normalized spacial score (nSPS) is 17.6. The first kappa shape index (κ1) is 22.4. The Morgan fingerprint density at radius 3 is 2.58 bits per heavy atom. The second-order valence-electron chi connectivity index (χ2n) is 8.67. The number of halogens is 1. The maximum atomic E-state index is 12.5. The van der Waals surface area contributed by atoms with Gasteiger partial charge in [-0.05, 0) is 63.6 Å². The number of carbonyl (C=O) groups excluding carboxylic acids is 1. The highest BCUT2D eigenvalue weighted by Crippen LogP contribution is 2.37. The Labute approximate surface area is 193 Å². The van der Waals surface area contributed by atoms with Crippen LogP contribution in [-0.4, -0.2) is 35.2 Å². The summed E-state index contributed by atoms with van der Waals surface area (Å²) in [5.41, 5.74) is 2.59. The zero-order chi connectivity index (χ0) is 21.8. The van der Waals surface area contributed by atoms with Gasteiger partial charge in [-0.1, -0.05) is 30.9 Å². The van der Waals surface area contributed by atoms with Crippen molar-refractivity contribution in [3.05, 3.63) is 33.8 Å². The summed E-state index contributed by atoms with van der Waals surface area (Å²) < 4.78 is 12.5. The van der Waals surface area contributed by atoms with Crippen LogP contribution in [0.3, 0.4) is 0 Å². The summed E-state index contributed by atoms with van der Waals surface area (Å²) in [5.74, 6) is 0.851. The van der Waals surface area contributed by atoms with E-state index in [1.54, 1.807) is 4.90 Å². The van der Waals surface area contributed by atoms with Gasteiger partial charge < -0.3 is 14.4 Å². The highest BCUT2D eigenvalue weighted by molar-refractivity contribution is 7.19. The molecular weight excluding hydrogens is 432 g/mol. The van der Waals surface area contributed by atoms with Crippen LogP contribution < -0.4 is 4.74 Å². The van der Waals surface area contributed by atoms with Crippen molar-refractivity contribution in [3.63, 3.8) is 0 Å². The number of aryl methyl sites for hydroxylation is 1. The number of amides is 1. The van der Waals surface area contributed by atoms with Crippen LogP contribution in [0.2, 0.25) is 4.34 Å². The molecule has 168 valence electrons. The van der Waals surface area contributed by atoms with Crippen LogP contribution in [0.15, 0.2) is 18.2 Å². The van der Waals surface area contributed by atoms with E-state index in [-0.39, 0.29) is 12.7 Å². The Bertz CT molecular complexity index is 904. The number of carbonyl (C=O) groups is 1. The standard InChI is InChI=1S/C24H31ClN2O3S/c1-16-21(30-19-10-4-3-5-11-19)13-12-20(26-16)23-17(14-22(25)31-23)15-29-24(28)27(2)18-8-6-7-9-18/h12-14,18-19H,3-11,15H2,1-2H3. The first-order chi connectivity index (χ1) is 15.0. The number of nitrogens with zero attached hydrogens (tertiary/aromatic N) is 2. The lowest BCUT2D eigenvalue weighted by Crippen LogP contribution is -2.35. The van der Waals surface area contributed by atoms with Gasteiger partial charge in [-0.3, -0.25) is 0 Å². The zero-order valence-electron chi connectivity index (χ0n) is 18.4. The third-order valence-corrected chi connectivity index (χ3v) is 7.74. The van der Waals surface area contributed by atoms with Crippen LogP contribution in [0.4, 0.5) is 4.79 Å². The minimum absolute atomic E-state index is 0.190. The summed E-state index contributed by atoms with van der Waals surface area (Å²) in [6.45, 7) is 2.17. The first-order valence-corrected chi connectivity index (χ1v) is 12.5. The maximum Gasteiger partial charge on any atom is 0.410 e. The molecule has 0 radical (unpaired) electrons. The zero-order valence-corrected chi connectivity index (χ0v) is 19.9. The molecule has 0 saturated heterocycles. The Morgan fingerprint density at radius 1 is 1.16 bits per heavy atom. The summed E-state index contributed by atoms with van der Waals surface area (Å²) in [7, 11) is 1.83. The molecule has 0 spiro atoms. The SMILES string of the molecule is Cc1nc(-c2sc(Cl)cc2COC(=O)N(C)C2CCCC2)ccc1OC1CCCCC1. The lowest BCUT2D eigenvalue weighted by Gasteiger charge is -2.24. The van der Waals surface area contributed by atoms with Gasteiger partial charge in [0.15, 0.2) is 0 Å². The maximum absolute atomic E-state index is 12.5. The van der Waals surface area contributed by atoms with Crippen LogP contribution in [0.5, 0.6) is 5.75 Å². The molecule has 5 nitrogen and oxygen atoms in total. The van der Waals surface area contributed by atoms with Crippen molar-refractivity contribution in [1.29, 1.82) is 0 Å². The molecule has 2 aromatic rings. The lowest BCUT2D eigenvalue weighted by atomic mass is 9.98. The van der Waals surface area contributed by atoms with Gasteiger partial charge >= 0.3 is 6.09 Å². The Kier molecular flexibility index (Phi) is 7.39. The highest BCUT2D eigenvalue weighted by atomic mass is 35.5. The molecule has 1 amide bonds. The average molecular weight is 463 g/mol. The molecule has 0 unspecified atom stereocenters. The predicted molar refractivity (Wildman–Crippen MR) is 125 cm³/mol. The van der Waals surface area contributed by atoms with Crippen molar-refractivity contribution in [3.8, 4) is 16.3 Å². The largest absolute Gasteiger partial charge is 0.489 e. The Hall–Kier alpha value is -1.79. The quantitative estimate of drug-likeness (QED) is 0.464. The molecule has 0 aliphatic heterocycles. The van der Waals surface area contributed by atoms with Gasteiger partial charge in [0.1, 0.15) is 12.4 Å². The summed E-state index contributed by atoms with van der Waals surface area (Å²) in [4.78, 5) is 19.9. The van der Waals surface area contributed by atoms with Crippen LogP contribution >= 0.6 is 22.9 Å². The molecule has 0 aromatic carbocycles. The van der Waals surface area contributed by atoms with Gasteiger partial charge in [-0.2, -0.15) is 0 Å². The number of pyridine rings is 1. The summed E-state index contributed by atoms with van der Waals surface area (Å²) in [6.07, 6.45) is 10.5. The molecule has 0 bridgehead atoms. The number of ether oxygens (including phenoxy) is 2. The molecule has 7 heteroatoms. The van der Waals surface area contributed by atoms with Crippen molar-refractivity contribution in [2.75, 3.05) is 7.05 Å². The van der Waals surface area contributed by atoms with Crippen molar-refractivity contribution in [2.24, 2.45) is 0 Å². The minimum Gasteiger partial charge on any atom is -0.489 e. The van der Waals surface area contributed by atoms with E-state index in [1.165, 1.54) is 43.4 Å². The van der Waals surface area contributed by atoms with E-state index < -0.39 is 0 Å². The van der Waals surface area contributed by atoms with E-state index in [4.69, 9.17) is 26.1 Å². The summed E-state index contributed by atoms with van der Waals surface area (Å²) in [5, 5.41) is 0. The molecule has 0 atom stereocenters. The predicted octanol–water partition coefficient (Wildman–Crippen LogP) is 6.99. The second-order valence-corrected chi connectivity index (χ2v) is 10.4. The smallest absolute Gasteiger partial charge is 0.410 e. The fourth-order valence-electron chi connectivity index (χ4n) is 4.56. The fourth-order valence-corrected chi connectivity index (χ4v) is 5.79. The average Bonchev–Trinajstić information content (AvgIpc) is 3.43. The van der Waals surface area contributed by atoms with Crippen LogP contribution in [-0.2, 0) is 11.3 Å². The Morgan fingerprint density at radius 2 is 1.87 bits per heavy atom. The van der Waals surface area contributed by atoms with Crippen molar-refractivity contribution in [1.82, 2.24) is 9.88 Å². The number of rotatable bonds is 6. The third kappa shape index (κ3) is 5.53. The molecule has 4 rings (SSSR count). The highest BCUT2D eigenvalue weighted by Gasteiger charge is 2.25. The monoisotopic (exact) mass is 462 g/mol. The van der Waals surface area contributed by atoms with Crippen LogP contribution in [0, 0.1) is 6.92 Å².